The largest absolute Gasteiger partial charge is 0.398 e. The number of nitrogen functional groups attached to an aromatic ring is 1. The Kier molecular flexibility index (Phi) is 2.43. The summed E-state index contributed by atoms with van der Waals surface area (Å²) in [5, 5.41) is 3.02. The summed E-state index contributed by atoms with van der Waals surface area (Å²) < 4.78 is 0. The number of benzene rings is 1. The van der Waals surface area contributed by atoms with Gasteiger partial charge in [0.25, 0.3) is 0 Å². The summed E-state index contributed by atoms with van der Waals surface area (Å²) in [7, 11) is 0. The molecule has 0 radical (unpaired) electrons. The molecule has 4 heteroatoms. The first-order valence-corrected chi connectivity index (χ1v) is 3.27. The Morgan fingerprint density at radius 2 is 2.18 bits per heavy atom. The van der Waals surface area contributed by atoms with Crippen LogP contribution in [0.4, 0.5) is 5.69 Å². The zero-order valence-corrected chi connectivity index (χ0v) is 6.04. The van der Waals surface area contributed by atoms with Gasteiger partial charge in [0.15, 0.2) is 0 Å². The zero-order chi connectivity index (χ0) is 8.10. The Morgan fingerprint density at radius 1 is 1.45 bits per heavy atom. The fourth-order valence-corrected chi connectivity index (χ4v) is 0.820. The van der Waals surface area contributed by atoms with E-state index in [9.17, 15) is 0 Å². The van der Waals surface area contributed by atoms with Crippen molar-refractivity contribution in [3.05, 3.63) is 29.8 Å². The molecule has 0 saturated heterocycles. The van der Waals surface area contributed by atoms with Crippen LogP contribution < -0.4 is 11.2 Å². The summed E-state index contributed by atoms with van der Waals surface area (Å²) in [4.78, 5) is 0. The molecule has 0 aliphatic carbocycles. The van der Waals surface area contributed by atoms with E-state index in [-0.39, 0.29) is 0 Å². The minimum Gasteiger partial charge on any atom is -0.398 e. The minimum atomic E-state index is 0.510. The maximum absolute atomic E-state index is 6.50. The van der Waals surface area contributed by atoms with Gasteiger partial charge in [0.1, 0.15) is 0 Å². The first-order chi connectivity index (χ1) is 5.34. The van der Waals surface area contributed by atoms with Crippen LogP contribution in [0.15, 0.2) is 29.5 Å². The van der Waals surface area contributed by atoms with Gasteiger partial charge in [-0.1, -0.05) is 23.4 Å². The fourth-order valence-electron chi connectivity index (χ4n) is 0.820. The van der Waals surface area contributed by atoms with Crippen molar-refractivity contribution < 1.29 is 0 Å². The number of rotatable bonds is 3. The molecule has 0 aromatic heterocycles. The summed E-state index contributed by atoms with van der Waals surface area (Å²) in [6.45, 7) is 0.510. The Bertz CT molecular complexity index is 246. The number of hydrogen-bond acceptors (Lipinski definition) is 3. The highest BCUT2D eigenvalue weighted by molar-refractivity contribution is 5.46. The zero-order valence-electron chi connectivity index (χ0n) is 6.04. The van der Waals surface area contributed by atoms with E-state index >= 15 is 0 Å². The van der Waals surface area contributed by atoms with Gasteiger partial charge in [-0.05, 0) is 11.6 Å². The molecule has 0 fully saturated rings. The van der Waals surface area contributed by atoms with E-state index in [2.05, 4.69) is 10.6 Å². The molecular formula is C7H10N4. The average Bonchev–Trinajstić information content (AvgIpc) is 2.03. The molecule has 0 saturated carbocycles. The van der Waals surface area contributed by atoms with E-state index in [1.54, 1.807) is 0 Å². The molecule has 0 atom stereocenters. The van der Waals surface area contributed by atoms with E-state index in [0.29, 0.717) is 6.54 Å². The molecule has 0 aliphatic heterocycles. The first-order valence-electron chi connectivity index (χ1n) is 3.27. The average molecular weight is 150 g/mol. The minimum absolute atomic E-state index is 0.510. The predicted octanol–water partition coefficient (Wildman–Crippen LogP) is 1.30. The molecule has 1 rings (SSSR count). The lowest BCUT2D eigenvalue weighted by Gasteiger charge is -2.02. The SMILES string of the molecule is N=NNCc1ccccc1N. The Hall–Kier alpha value is -1.58. The van der Waals surface area contributed by atoms with E-state index in [1.807, 2.05) is 24.3 Å². The van der Waals surface area contributed by atoms with Crippen molar-refractivity contribution in [2.75, 3.05) is 5.73 Å². The quantitative estimate of drug-likeness (QED) is 0.345. The highest BCUT2D eigenvalue weighted by Gasteiger charge is 1.94. The molecule has 0 bridgehead atoms. The first kappa shape index (κ1) is 7.53. The molecule has 1 aromatic rings. The monoisotopic (exact) mass is 150 g/mol. The smallest absolute Gasteiger partial charge is 0.0617 e. The van der Waals surface area contributed by atoms with Crippen LogP contribution in [0.5, 0.6) is 0 Å². The summed E-state index contributed by atoms with van der Waals surface area (Å²) in [6.07, 6.45) is 0. The molecule has 4 N–H and O–H groups in total. The predicted molar refractivity (Wildman–Crippen MR) is 42.8 cm³/mol. The molecule has 0 unspecified atom stereocenters. The van der Waals surface area contributed by atoms with Gasteiger partial charge in [-0.3, -0.25) is 5.43 Å². The van der Waals surface area contributed by atoms with Crippen LogP contribution in [0, 0.1) is 5.53 Å². The fraction of sp³-hybridized carbons (Fsp3) is 0.143. The maximum Gasteiger partial charge on any atom is 0.0617 e. The van der Waals surface area contributed by atoms with Crippen LogP contribution in [0.25, 0.3) is 0 Å². The third-order valence-electron chi connectivity index (χ3n) is 1.40. The second-order valence-corrected chi connectivity index (χ2v) is 2.15. The van der Waals surface area contributed by atoms with Gasteiger partial charge < -0.3 is 5.73 Å². The summed E-state index contributed by atoms with van der Waals surface area (Å²) in [6, 6.07) is 7.49. The number of anilines is 1. The molecule has 0 amide bonds. The Labute approximate surface area is 64.9 Å². The van der Waals surface area contributed by atoms with E-state index in [4.69, 9.17) is 11.3 Å². The number of nitrogens with two attached hydrogens (primary N) is 1. The van der Waals surface area contributed by atoms with Gasteiger partial charge in [0, 0.05) is 5.69 Å². The second-order valence-electron chi connectivity index (χ2n) is 2.15. The van der Waals surface area contributed by atoms with Crippen LogP contribution in [0.3, 0.4) is 0 Å². The molecule has 11 heavy (non-hydrogen) atoms. The van der Waals surface area contributed by atoms with E-state index < -0.39 is 0 Å². The molecule has 0 heterocycles. The van der Waals surface area contributed by atoms with Gasteiger partial charge in [-0.2, -0.15) is 5.53 Å². The van der Waals surface area contributed by atoms with Crippen molar-refractivity contribution in [3.8, 4) is 0 Å². The number of hydrogen-bond donors (Lipinski definition) is 3. The van der Waals surface area contributed by atoms with Gasteiger partial charge in [-0.15, -0.1) is 0 Å². The molecule has 0 aliphatic rings. The van der Waals surface area contributed by atoms with Gasteiger partial charge in [0.05, 0.1) is 6.54 Å². The second kappa shape index (κ2) is 3.55. The summed E-state index contributed by atoms with van der Waals surface area (Å²) in [5.74, 6) is 0. The van der Waals surface area contributed by atoms with Crippen molar-refractivity contribution in [2.45, 2.75) is 6.54 Å². The van der Waals surface area contributed by atoms with E-state index in [0.717, 1.165) is 11.3 Å². The topological polar surface area (TPSA) is 74.3 Å². The maximum atomic E-state index is 6.50. The van der Waals surface area contributed by atoms with Crippen LogP contribution in [0.2, 0.25) is 0 Å². The Balaban J connectivity index is 2.69. The lowest BCUT2D eigenvalue weighted by molar-refractivity contribution is 0.675. The third kappa shape index (κ3) is 1.93. The van der Waals surface area contributed by atoms with Crippen LogP contribution >= 0.6 is 0 Å². The van der Waals surface area contributed by atoms with Crippen molar-refractivity contribution in [3.63, 3.8) is 0 Å². The van der Waals surface area contributed by atoms with Gasteiger partial charge >= 0.3 is 0 Å². The van der Waals surface area contributed by atoms with E-state index in [1.165, 1.54) is 0 Å². The molecule has 58 valence electrons. The number of para-hydroxylation sites is 1. The van der Waals surface area contributed by atoms with Crippen molar-refractivity contribution in [1.29, 1.82) is 5.53 Å². The van der Waals surface area contributed by atoms with Crippen molar-refractivity contribution in [1.82, 2.24) is 5.43 Å². The standard InChI is InChI=1S/C7H10N4/c8-7-4-2-1-3-6(7)5-10-11-9/h1-4H,5,8H2,(H2,9,10). The Morgan fingerprint density at radius 3 is 2.82 bits per heavy atom. The van der Waals surface area contributed by atoms with Crippen molar-refractivity contribution in [2.24, 2.45) is 5.22 Å². The van der Waals surface area contributed by atoms with Crippen LogP contribution in [-0.2, 0) is 6.54 Å². The highest BCUT2D eigenvalue weighted by atomic mass is 15.4. The van der Waals surface area contributed by atoms with Crippen molar-refractivity contribution >= 4 is 5.69 Å². The van der Waals surface area contributed by atoms with Crippen LogP contribution in [-0.4, -0.2) is 0 Å². The molecule has 0 spiro atoms. The number of nitrogens with one attached hydrogen (secondary N) is 2. The summed E-state index contributed by atoms with van der Waals surface area (Å²) >= 11 is 0. The van der Waals surface area contributed by atoms with Crippen LogP contribution in [0.1, 0.15) is 5.56 Å². The van der Waals surface area contributed by atoms with Gasteiger partial charge in [0.2, 0.25) is 0 Å². The summed E-state index contributed by atoms with van der Waals surface area (Å²) in [5.41, 5.74) is 16.3. The molecule has 1 aromatic carbocycles. The van der Waals surface area contributed by atoms with Gasteiger partial charge in [-0.25, -0.2) is 0 Å². The third-order valence-corrected chi connectivity index (χ3v) is 1.40. The lowest BCUT2D eigenvalue weighted by atomic mass is 10.2. The number of nitrogens with zero attached hydrogens (tertiary/aromatic N) is 1. The molecular weight excluding hydrogens is 140 g/mol. The normalized spacial score (nSPS) is 9.09. The lowest BCUT2D eigenvalue weighted by Crippen LogP contribution is -2.05. The molecule has 4 nitrogen and oxygen atoms in total. The highest BCUT2D eigenvalue weighted by Crippen LogP contribution is 2.09.